The number of nitrogens with one attached hydrogen (secondary N) is 1. The molecule has 20 heavy (non-hydrogen) atoms. The van der Waals surface area contributed by atoms with Gasteiger partial charge in [-0.15, -0.1) is 0 Å². The number of ether oxygens (including phenoxy) is 1. The van der Waals surface area contributed by atoms with Gasteiger partial charge in [-0.25, -0.2) is 9.59 Å². The van der Waals surface area contributed by atoms with Gasteiger partial charge in [0.05, 0.1) is 17.9 Å². The maximum atomic E-state index is 11.8. The molecule has 7 nitrogen and oxygen atoms in total. The summed E-state index contributed by atoms with van der Waals surface area (Å²) in [4.78, 5) is 33.9. The van der Waals surface area contributed by atoms with E-state index < -0.39 is 23.9 Å². The molecule has 0 heterocycles. The van der Waals surface area contributed by atoms with E-state index in [2.05, 4.69) is 26.0 Å². The molecule has 0 aliphatic rings. The van der Waals surface area contributed by atoms with Crippen LogP contribution in [-0.4, -0.2) is 35.6 Å². The first-order valence-electron chi connectivity index (χ1n) is 5.62. The molecule has 1 amide bonds. The zero-order chi connectivity index (χ0) is 15.3. The highest BCUT2D eigenvalue weighted by atomic mass is 79.9. The fourth-order valence-electron chi connectivity index (χ4n) is 1.30. The van der Waals surface area contributed by atoms with Gasteiger partial charge in [0.15, 0.2) is 6.04 Å². The highest BCUT2D eigenvalue weighted by Gasteiger charge is 2.24. The van der Waals surface area contributed by atoms with Gasteiger partial charge in [-0.2, -0.15) is 0 Å². The zero-order valence-corrected chi connectivity index (χ0v) is 12.1. The van der Waals surface area contributed by atoms with Gasteiger partial charge in [0, 0.05) is 4.47 Å². The summed E-state index contributed by atoms with van der Waals surface area (Å²) in [6.07, 6.45) is 0. The monoisotopic (exact) mass is 344 g/mol. The summed E-state index contributed by atoms with van der Waals surface area (Å²) < 4.78 is 5.09. The number of nitrogens with two attached hydrogens (primary N) is 1. The van der Waals surface area contributed by atoms with Gasteiger partial charge in [-0.05, 0) is 41.1 Å². The second-order valence-corrected chi connectivity index (χ2v) is 4.57. The summed E-state index contributed by atoms with van der Waals surface area (Å²) >= 11 is 3.16. The van der Waals surface area contributed by atoms with E-state index in [4.69, 9.17) is 10.8 Å². The van der Waals surface area contributed by atoms with Crippen LogP contribution in [0.5, 0.6) is 0 Å². The molecule has 8 heteroatoms. The van der Waals surface area contributed by atoms with Crippen LogP contribution < -0.4 is 11.1 Å². The molecule has 1 atom stereocenters. The fourth-order valence-corrected chi connectivity index (χ4v) is 1.65. The number of rotatable bonds is 5. The normalized spacial score (nSPS) is 11.6. The molecular weight excluding hydrogens is 332 g/mol. The van der Waals surface area contributed by atoms with Crippen molar-refractivity contribution in [3.05, 3.63) is 28.2 Å². The highest BCUT2D eigenvalue weighted by molar-refractivity contribution is 9.10. The van der Waals surface area contributed by atoms with Crippen LogP contribution in [0.4, 0.5) is 5.69 Å². The Morgan fingerprint density at radius 3 is 2.65 bits per heavy atom. The fraction of sp³-hybridized carbons (Fsp3) is 0.250. The molecule has 0 radical (unpaired) electrons. The lowest BCUT2D eigenvalue weighted by Gasteiger charge is -2.12. The molecule has 1 unspecified atom stereocenters. The third kappa shape index (κ3) is 4.04. The summed E-state index contributed by atoms with van der Waals surface area (Å²) in [6.45, 7) is 1.70. The molecule has 4 N–H and O–H groups in total. The number of hydrogen-bond donors (Lipinski definition) is 3. The summed E-state index contributed by atoms with van der Waals surface area (Å²) in [5.74, 6) is -2.77. The quantitative estimate of drug-likeness (QED) is 0.541. The number of esters is 1. The van der Waals surface area contributed by atoms with Crippen molar-refractivity contribution in [1.29, 1.82) is 0 Å². The van der Waals surface area contributed by atoms with Gasteiger partial charge < -0.3 is 20.9 Å². The average Bonchev–Trinajstić information content (AvgIpc) is 2.40. The Hall–Kier alpha value is -1.93. The molecular formula is C12H13BrN2O5. The van der Waals surface area contributed by atoms with E-state index in [0.29, 0.717) is 4.47 Å². The average molecular weight is 345 g/mol. The molecule has 108 valence electrons. The number of carbonyl (C=O) groups is 3. The Labute approximate surface area is 123 Å². The zero-order valence-electron chi connectivity index (χ0n) is 10.6. The maximum Gasteiger partial charge on any atom is 0.335 e. The molecule has 0 bridgehead atoms. The second-order valence-electron chi connectivity index (χ2n) is 3.72. The van der Waals surface area contributed by atoms with Crippen LogP contribution in [0.3, 0.4) is 0 Å². The van der Waals surface area contributed by atoms with Crippen molar-refractivity contribution in [1.82, 2.24) is 0 Å². The number of amides is 1. The summed E-state index contributed by atoms with van der Waals surface area (Å²) in [5, 5.41) is 11.2. The molecule has 1 aromatic carbocycles. The molecule has 1 aromatic rings. The van der Waals surface area contributed by atoms with Gasteiger partial charge in [-0.1, -0.05) is 0 Å². The third-order valence-corrected chi connectivity index (χ3v) is 2.99. The predicted octanol–water partition coefficient (Wildman–Crippen LogP) is 0.976. The number of carbonyl (C=O) groups excluding carboxylic acids is 2. The Morgan fingerprint density at radius 1 is 1.45 bits per heavy atom. The number of carboxylic acid groups (broad SMARTS) is 1. The Morgan fingerprint density at radius 2 is 2.10 bits per heavy atom. The summed E-state index contributed by atoms with van der Waals surface area (Å²) in [5.41, 5.74) is 5.62. The first kappa shape index (κ1) is 16.1. The van der Waals surface area contributed by atoms with E-state index in [1.54, 1.807) is 6.92 Å². The minimum Gasteiger partial charge on any atom is -0.478 e. The molecule has 0 fully saturated rings. The predicted molar refractivity (Wildman–Crippen MR) is 74.3 cm³/mol. The van der Waals surface area contributed by atoms with Crippen molar-refractivity contribution in [3.8, 4) is 0 Å². The second kappa shape index (κ2) is 7.01. The largest absolute Gasteiger partial charge is 0.478 e. The minimum atomic E-state index is -1.48. The first-order valence-corrected chi connectivity index (χ1v) is 6.42. The number of halogens is 1. The first-order chi connectivity index (χ1) is 9.36. The van der Waals surface area contributed by atoms with E-state index in [-0.39, 0.29) is 17.9 Å². The smallest absolute Gasteiger partial charge is 0.335 e. The van der Waals surface area contributed by atoms with E-state index in [1.807, 2.05) is 0 Å². The molecule has 0 spiro atoms. The molecule has 0 saturated heterocycles. The Kier molecular flexibility index (Phi) is 5.66. The molecule has 0 aliphatic carbocycles. The Bertz CT molecular complexity index is 547. The summed E-state index contributed by atoms with van der Waals surface area (Å²) in [7, 11) is 0. The van der Waals surface area contributed by atoms with Crippen molar-refractivity contribution >= 4 is 39.5 Å². The van der Waals surface area contributed by atoms with Crippen molar-refractivity contribution in [3.63, 3.8) is 0 Å². The number of aromatic carboxylic acids is 1. The van der Waals surface area contributed by atoms with Crippen LogP contribution in [-0.2, 0) is 14.3 Å². The van der Waals surface area contributed by atoms with Crippen LogP contribution >= 0.6 is 15.9 Å². The van der Waals surface area contributed by atoms with Gasteiger partial charge in [0.1, 0.15) is 0 Å². The number of anilines is 1. The third-order valence-electron chi connectivity index (χ3n) is 2.29. The molecule has 1 rings (SSSR count). The van der Waals surface area contributed by atoms with Crippen LogP contribution in [0.25, 0.3) is 0 Å². The maximum absolute atomic E-state index is 11.8. The van der Waals surface area contributed by atoms with E-state index in [1.165, 1.54) is 18.2 Å². The molecule has 0 aromatic heterocycles. The highest BCUT2D eigenvalue weighted by Crippen LogP contribution is 2.23. The minimum absolute atomic E-state index is 0.00629. The van der Waals surface area contributed by atoms with Crippen molar-refractivity contribution in [2.45, 2.75) is 13.0 Å². The van der Waals surface area contributed by atoms with E-state index >= 15 is 0 Å². The van der Waals surface area contributed by atoms with Crippen LogP contribution in [0.15, 0.2) is 22.7 Å². The topological polar surface area (TPSA) is 119 Å². The van der Waals surface area contributed by atoms with Gasteiger partial charge in [0.2, 0.25) is 0 Å². The van der Waals surface area contributed by atoms with Crippen molar-refractivity contribution < 1.29 is 24.2 Å². The summed E-state index contributed by atoms with van der Waals surface area (Å²) in [6, 6.07) is 2.61. The van der Waals surface area contributed by atoms with Crippen LogP contribution in [0.1, 0.15) is 17.3 Å². The molecule has 0 saturated carbocycles. The lowest BCUT2D eigenvalue weighted by molar-refractivity contribution is -0.146. The number of benzene rings is 1. The number of carboxylic acids is 1. The SMILES string of the molecule is CCOC(=O)C(N)C(=O)Nc1cc(C(=O)O)ccc1Br. The Balaban J connectivity index is 2.87. The lowest BCUT2D eigenvalue weighted by atomic mass is 10.2. The van der Waals surface area contributed by atoms with Crippen molar-refractivity contribution in [2.24, 2.45) is 5.73 Å². The standard InChI is InChI=1S/C12H13BrN2O5/c1-2-20-12(19)9(14)10(16)15-8-5-6(11(17)18)3-4-7(8)13/h3-5,9H,2,14H2,1H3,(H,15,16)(H,17,18). The molecule has 0 aliphatic heterocycles. The van der Waals surface area contributed by atoms with Gasteiger partial charge >= 0.3 is 11.9 Å². The van der Waals surface area contributed by atoms with E-state index in [9.17, 15) is 14.4 Å². The van der Waals surface area contributed by atoms with Gasteiger partial charge in [0.25, 0.3) is 5.91 Å². The van der Waals surface area contributed by atoms with Crippen LogP contribution in [0.2, 0.25) is 0 Å². The van der Waals surface area contributed by atoms with E-state index in [0.717, 1.165) is 0 Å². The van der Waals surface area contributed by atoms with Crippen LogP contribution in [0, 0.1) is 0 Å². The lowest BCUT2D eigenvalue weighted by Crippen LogP contribution is -2.43. The van der Waals surface area contributed by atoms with Crippen molar-refractivity contribution in [2.75, 3.05) is 11.9 Å². The van der Waals surface area contributed by atoms with Gasteiger partial charge in [-0.3, -0.25) is 4.79 Å². The number of hydrogen-bond acceptors (Lipinski definition) is 5.